The molecule has 5 heteroatoms. The number of ether oxygens (including phenoxy) is 1. The van der Waals surface area contributed by atoms with Crippen LogP contribution in [0.4, 0.5) is 4.39 Å². The molecule has 0 unspecified atom stereocenters. The third-order valence-corrected chi connectivity index (χ3v) is 3.44. The van der Waals surface area contributed by atoms with Crippen molar-refractivity contribution in [3.8, 4) is 11.5 Å². The van der Waals surface area contributed by atoms with E-state index < -0.39 is 0 Å². The van der Waals surface area contributed by atoms with E-state index in [9.17, 15) is 4.39 Å². The van der Waals surface area contributed by atoms with Crippen molar-refractivity contribution >= 4 is 27.5 Å². The van der Waals surface area contributed by atoms with Gasteiger partial charge in [0, 0.05) is 10.6 Å². The Morgan fingerprint density at radius 1 is 1.21 bits per heavy atom. The van der Waals surface area contributed by atoms with Gasteiger partial charge in [-0.25, -0.2) is 4.39 Å². The van der Waals surface area contributed by atoms with Crippen LogP contribution in [-0.4, -0.2) is 6.54 Å². The van der Waals surface area contributed by atoms with Crippen molar-refractivity contribution in [3.05, 3.63) is 57.3 Å². The number of halogens is 3. The maximum Gasteiger partial charge on any atom is 0.141 e. The number of hydrogen-bond acceptors (Lipinski definition) is 2. The molecule has 0 bridgehead atoms. The van der Waals surface area contributed by atoms with Gasteiger partial charge in [0.1, 0.15) is 17.3 Å². The van der Waals surface area contributed by atoms with E-state index in [1.165, 1.54) is 6.07 Å². The zero-order valence-corrected chi connectivity index (χ0v) is 12.3. The fourth-order valence-electron chi connectivity index (χ4n) is 1.70. The van der Waals surface area contributed by atoms with Crippen molar-refractivity contribution in [1.29, 1.82) is 0 Å². The highest BCUT2D eigenvalue weighted by Crippen LogP contribution is 2.34. The third-order valence-electron chi connectivity index (χ3n) is 2.58. The Labute approximate surface area is 124 Å². The van der Waals surface area contributed by atoms with E-state index in [1.54, 1.807) is 30.3 Å². The molecule has 0 fully saturated rings. The van der Waals surface area contributed by atoms with Crippen LogP contribution in [0.1, 0.15) is 5.56 Å². The fraction of sp³-hybridized carbons (Fsp3) is 0.143. The lowest BCUT2D eigenvalue weighted by atomic mass is 10.1. The summed E-state index contributed by atoms with van der Waals surface area (Å²) in [4.78, 5) is 0. The van der Waals surface area contributed by atoms with Gasteiger partial charge in [0.25, 0.3) is 0 Å². The molecule has 0 spiro atoms. The summed E-state index contributed by atoms with van der Waals surface area (Å²) in [6.45, 7) is 0.360. The van der Waals surface area contributed by atoms with Gasteiger partial charge in [-0.05, 0) is 59.2 Å². The maximum absolute atomic E-state index is 13.7. The molecule has 100 valence electrons. The van der Waals surface area contributed by atoms with Gasteiger partial charge in [-0.15, -0.1) is 0 Å². The van der Waals surface area contributed by atoms with Gasteiger partial charge in [0.2, 0.25) is 0 Å². The van der Waals surface area contributed by atoms with Crippen LogP contribution in [0.2, 0.25) is 5.02 Å². The van der Waals surface area contributed by atoms with Crippen LogP contribution < -0.4 is 10.5 Å². The van der Waals surface area contributed by atoms with Crippen LogP contribution in [0.15, 0.2) is 40.9 Å². The lowest BCUT2D eigenvalue weighted by Gasteiger charge is -2.12. The van der Waals surface area contributed by atoms with Crippen LogP contribution in [-0.2, 0) is 6.42 Å². The molecule has 2 N–H and O–H groups in total. The summed E-state index contributed by atoms with van der Waals surface area (Å²) in [5, 5.41) is 0.598. The van der Waals surface area contributed by atoms with E-state index in [4.69, 9.17) is 22.1 Å². The molecular weight excluding hydrogens is 333 g/mol. The van der Waals surface area contributed by atoms with E-state index in [0.29, 0.717) is 39.5 Å². The highest BCUT2D eigenvalue weighted by molar-refractivity contribution is 9.10. The molecule has 0 aliphatic rings. The van der Waals surface area contributed by atoms with Gasteiger partial charge in [-0.3, -0.25) is 0 Å². The molecule has 0 saturated heterocycles. The number of nitrogens with two attached hydrogens (primary N) is 1. The van der Waals surface area contributed by atoms with Gasteiger partial charge in [-0.2, -0.15) is 0 Å². The second-order valence-corrected chi connectivity index (χ2v) is 5.22. The number of hydrogen-bond donors (Lipinski definition) is 1. The van der Waals surface area contributed by atoms with Crippen molar-refractivity contribution in [1.82, 2.24) is 0 Å². The summed E-state index contributed by atoms with van der Waals surface area (Å²) in [6.07, 6.45) is 0.424. The first-order valence-electron chi connectivity index (χ1n) is 5.72. The van der Waals surface area contributed by atoms with Crippen molar-refractivity contribution in [3.63, 3.8) is 0 Å². The van der Waals surface area contributed by atoms with Gasteiger partial charge in [0.05, 0.1) is 4.47 Å². The van der Waals surface area contributed by atoms with Gasteiger partial charge in [-0.1, -0.05) is 17.7 Å². The molecule has 2 nitrogen and oxygen atoms in total. The average molecular weight is 345 g/mol. The average Bonchev–Trinajstić information content (AvgIpc) is 2.37. The van der Waals surface area contributed by atoms with Crippen LogP contribution >= 0.6 is 27.5 Å². The molecule has 2 aromatic carbocycles. The molecule has 2 aromatic rings. The first-order valence-corrected chi connectivity index (χ1v) is 6.89. The Morgan fingerprint density at radius 2 is 2.00 bits per heavy atom. The molecule has 0 atom stereocenters. The minimum absolute atomic E-state index is 0.312. The van der Waals surface area contributed by atoms with Gasteiger partial charge >= 0.3 is 0 Å². The fourth-order valence-corrected chi connectivity index (χ4v) is 2.46. The van der Waals surface area contributed by atoms with Crippen LogP contribution in [0.25, 0.3) is 0 Å². The van der Waals surface area contributed by atoms with E-state index >= 15 is 0 Å². The highest BCUT2D eigenvalue weighted by Gasteiger charge is 2.11. The smallest absolute Gasteiger partial charge is 0.141 e. The molecule has 0 radical (unpaired) electrons. The Kier molecular flexibility index (Phi) is 4.80. The van der Waals surface area contributed by atoms with Crippen LogP contribution in [0, 0.1) is 5.82 Å². The molecule has 2 rings (SSSR count). The summed E-state index contributed by atoms with van der Waals surface area (Å²) < 4.78 is 20.2. The molecule has 0 saturated carbocycles. The minimum atomic E-state index is -0.312. The summed E-state index contributed by atoms with van der Waals surface area (Å²) in [5.74, 6) is 0.731. The second kappa shape index (κ2) is 6.37. The largest absolute Gasteiger partial charge is 0.456 e. The second-order valence-electron chi connectivity index (χ2n) is 3.93. The zero-order valence-electron chi connectivity index (χ0n) is 10.00. The standard InChI is InChI=1S/C14H12BrClFNO/c15-11-8-9(16)4-5-14(11)19-13-3-1-2-12(17)10(13)6-7-18/h1-5,8H,6-7,18H2. The number of rotatable bonds is 4. The topological polar surface area (TPSA) is 35.2 Å². The Hall–Kier alpha value is -1.10. The van der Waals surface area contributed by atoms with Gasteiger partial charge in [0.15, 0.2) is 0 Å². The quantitative estimate of drug-likeness (QED) is 0.884. The predicted octanol–water partition coefficient (Wildman–Crippen LogP) is 4.54. The molecule has 0 aromatic heterocycles. The monoisotopic (exact) mass is 343 g/mol. The van der Waals surface area contributed by atoms with Crippen LogP contribution in [0.5, 0.6) is 11.5 Å². The highest BCUT2D eigenvalue weighted by atomic mass is 79.9. The number of benzene rings is 2. The van der Waals surface area contributed by atoms with Crippen molar-refractivity contribution in [2.45, 2.75) is 6.42 Å². The van der Waals surface area contributed by atoms with Crippen molar-refractivity contribution in [2.24, 2.45) is 5.73 Å². The zero-order chi connectivity index (χ0) is 13.8. The van der Waals surface area contributed by atoms with E-state index in [2.05, 4.69) is 15.9 Å². The molecule has 0 aliphatic heterocycles. The summed E-state index contributed by atoms with van der Waals surface area (Å²) in [5.41, 5.74) is 5.97. The van der Waals surface area contributed by atoms with Gasteiger partial charge < -0.3 is 10.5 Å². The molecule has 0 aliphatic carbocycles. The Morgan fingerprint density at radius 3 is 2.68 bits per heavy atom. The summed E-state index contributed by atoms with van der Waals surface area (Å²) in [7, 11) is 0. The third kappa shape index (κ3) is 3.47. The first kappa shape index (κ1) is 14.3. The lowest BCUT2D eigenvalue weighted by Crippen LogP contribution is -2.06. The Bertz CT molecular complexity index is 592. The Balaban J connectivity index is 2.35. The maximum atomic E-state index is 13.7. The van der Waals surface area contributed by atoms with Crippen molar-refractivity contribution < 1.29 is 9.13 Å². The van der Waals surface area contributed by atoms with E-state index in [0.717, 1.165) is 0 Å². The molecule has 19 heavy (non-hydrogen) atoms. The first-order chi connectivity index (χ1) is 9.11. The molecule has 0 heterocycles. The predicted molar refractivity (Wildman–Crippen MR) is 78.4 cm³/mol. The van der Waals surface area contributed by atoms with E-state index in [-0.39, 0.29) is 5.82 Å². The normalized spacial score (nSPS) is 10.5. The molecule has 0 amide bonds. The minimum Gasteiger partial charge on any atom is -0.456 e. The molecular formula is C14H12BrClFNO. The SMILES string of the molecule is NCCc1c(F)cccc1Oc1ccc(Cl)cc1Br. The lowest BCUT2D eigenvalue weighted by molar-refractivity contribution is 0.464. The van der Waals surface area contributed by atoms with E-state index in [1.807, 2.05) is 0 Å². The summed E-state index contributed by atoms with van der Waals surface area (Å²) in [6, 6.07) is 9.88. The van der Waals surface area contributed by atoms with Crippen LogP contribution in [0.3, 0.4) is 0 Å². The van der Waals surface area contributed by atoms with Crippen molar-refractivity contribution in [2.75, 3.05) is 6.54 Å². The summed E-state index contributed by atoms with van der Waals surface area (Å²) >= 11 is 9.22.